The first-order valence-corrected chi connectivity index (χ1v) is 10.8. The molecular weight excluding hydrogens is 471 g/mol. The second-order valence-corrected chi connectivity index (χ2v) is 8.48. The zero-order chi connectivity index (χ0) is 23.9. The Balaban J connectivity index is 1.79. The van der Waals surface area contributed by atoms with Gasteiger partial charge in [0.2, 0.25) is 5.91 Å². The van der Waals surface area contributed by atoms with E-state index in [2.05, 4.69) is 0 Å². The van der Waals surface area contributed by atoms with E-state index in [0.29, 0.717) is 22.5 Å². The van der Waals surface area contributed by atoms with Crippen molar-refractivity contribution in [3.63, 3.8) is 0 Å². The van der Waals surface area contributed by atoms with Crippen molar-refractivity contribution in [2.75, 3.05) is 29.9 Å². The summed E-state index contributed by atoms with van der Waals surface area (Å²) < 4.78 is 28.0. The number of hydrogen-bond acceptors (Lipinski definition) is 3. The number of rotatable bonds is 5. The number of nitrogens with zero attached hydrogens (tertiary/aromatic N) is 2. The van der Waals surface area contributed by atoms with E-state index in [4.69, 9.17) is 28.9 Å². The summed E-state index contributed by atoms with van der Waals surface area (Å²) in [5.74, 6) is -2.03. The van der Waals surface area contributed by atoms with Crippen LogP contribution in [0.1, 0.15) is 20.7 Å². The molecule has 1 saturated heterocycles. The molecule has 1 aliphatic rings. The van der Waals surface area contributed by atoms with Gasteiger partial charge in [0.05, 0.1) is 45.6 Å². The summed E-state index contributed by atoms with van der Waals surface area (Å²) in [5.41, 5.74) is 7.54. The fraction of sp³-hybridized carbons (Fsp3) is 0.167. The lowest BCUT2D eigenvalue weighted by molar-refractivity contribution is 0.0985. The summed E-state index contributed by atoms with van der Waals surface area (Å²) >= 11 is 12.5. The SMILES string of the molecule is CN(C(=O)c1c(F)cccc1Cl)c1ccc(-c2cccc(C(N)=O)c2Cl)cc1N1CC(F)C1. The van der Waals surface area contributed by atoms with Gasteiger partial charge in [-0.3, -0.25) is 9.59 Å². The normalized spacial score (nSPS) is 13.5. The highest BCUT2D eigenvalue weighted by molar-refractivity contribution is 6.36. The second-order valence-electron chi connectivity index (χ2n) is 7.70. The molecule has 3 aromatic carbocycles. The van der Waals surface area contributed by atoms with Crippen molar-refractivity contribution in [1.82, 2.24) is 0 Å². The Morgan fingerprint density at radius 3 is 2.42 bits per heavy atom. The molecule has 1 fully saturated rings. The molecule has 1 aliphatic heterocycles. The molecular formula is C24H19Cl2F2N3O2. The zero-order valence-corrected chi connectivity index (χ0v) is 19.0. The maximum absolute atomic E-state index is 14.4. The molecule has 0 atom stereocenters. The lowest BCUT2D eigenvalue weighted by atomic mass is 9.99. The van der Waals surface area contributed by atoms with E-state index in [1.807, 2.05) is 0 Å². The molecule has 0 bridgehead atoms. The summed E-state index contributed by atoms with van der Waals surface area (Å²) in [6, 6.07) is 14.1. The molecule has 4 rings (SSSR count). The number of hydrogen-bond donors (Lipinski definition) is 1. The molecule has 2 amide bonds. The fourth-order valence-corrected chi connectivity index (χ4v) is 4.35. The molecule has 0 aliphatic carbocycles. The molecule has 33 heavy (non-hydrogen) atoms. The van der Waals surface area contributed by atoms with Crippen LogP contribution in [0.25, 0.3) is 11.1 Å². The molecule has 2 N–H and O–H groups in total. The first-order valence-electron chi connectivity index (χ1n) is 10.0. The van der Waals surface area contributed by atoms with E-state index in [1.165, 1.54) is 30.1 Å². The second kappa shape index (κ2) is 9.00. The fourth-order valence-electron chi connectivity index (χ4n) is 3.77. The van der Waals surface area contributed by atoms with Crippen molar-refractivity contribution < 1.29 is 18.4 Å². The van der Waals surface area contributed by atoms with Gasteiger partial charge in [-0.25, -0.2) is 8.78 Å². The number of primary amides is 1. The highest BCUT2D eigenvalue weighted by atomic mass is 35.5. The van der Waals surface area contributed by atoms with Gasteiger partial charge in [-0.05, 0) is 35.9 Å². The van der Waals surface area contributed by atoms with Crippen LogP contribution in [-0.4, -0.2) is 38.1 Å². The summed E-state index contributed by atoms with van der Waals surface area (Å²) in [7, 11) is 1.50. The van der Waals surface area contributed by atoms with Gasteiger partial charge >= 0.3 is 0 Å². The Morgan fingerprint density at radius 1 is 1.09 bits per heavy atom. The van der Waals surface area contributed by atoms with Crippen molar-refractivity contribution in [2.24, 2.45) is 5.73 Å². The molecule has 0 saturated carbocycles. The minimum Gasteiger partial charge on any atom is -0.366 e. The molecule has 0 spiro atoms. The van der Waals surface area contributed by atoms with Crippen LogP contribution in [0.15, 0.2) is 54.6 Å². The number of carbonyl (C=O) groups excluding carboxylic acids is 2. The average molecular weight is 490 g/mol. The first kappa shape index (κ1) is 23.0. The number of carbonyl (C=O) groups is 2. The van der Waals surface area contributed by atoms with E-state index in [9.17, 15) is 18.4 Å². The quantitative estimate of drug-likeness (QED) is 0.526. The lowest BCUT2D eigenvalue weighted by Gasteiger charge is -2.39. The Bertz CT molecular complexity index is 1240. The minimum absolute atomic E-state index is 0.00663. The summed E-state index contributed by atoms with van der Waals surface area (Å²) in [5, 5.41) is 0.186. The highest BCUT2D eigenvalue weighted by Gasteiger charge is 2.31. The largest absolute Gasteiger partial charge is 0.366 e. The van der Waals surface area contributed by atoms with Crippen molar-refractivity contribution >= 4 is 46.4 Å². The van der Waals surface area contributed by atoms with Crippen LogP contribution in [0.2, 0.25) is 10.0 Å². The van der Waals surface area contributed by atoms with Gasteiger partial charge < -0.3 is 15.5 Å². The van der Waals surface area contributed by atoms with Crippen LogP contribution in [0, 0.1) is 5.82 Å². The predicted molar refractivity (Wildman–Crippen MR) is 127 cm³/mol. The Morgan fingerprint density at radius 2 is 1.79 bits per heavy atom. The number of halogens is 4. The van der Waals surface area contributed by atoms with E-state index in [-0.39, 0.29) is 34.3 Å². The van der Waals surface area contributed by atoms with Crippen LogP contribution in [-0.2, 0) is 0 Å². The molecule has 5 nitrogen and oxygen atoms in total. The van der Waals surface area contributed by atoms with E-state index in [0.717, 1.165) is 6.07 Å². The molecule has 9 heteroatoms. The molecule has 0 unspecified atom stereocenters. The van der Waals surface area contributed by atoms with Gasteiger partial charge in [0.15, 0.2) is 0 Å². The van der Waals surface area contributed by atoms with Crippen molar-refractivity contribution in [3.05, 3.63) is 81.6 Å². The van der Waals surface area contributed by atoms with E-state index >= 15 is 0 Å². The van der Waals surface area contributed by atoms with Gasteiger partial charge in [0.25, 0.3) is 5.91 Å². The summed E-state index contributed by atoms with van der Waals surface area (Å²) in [6.07, 6.45) is -0.995. The monoisotopic (exact) mass is 489 g/mol. The first-order chi connectivity index (χ1) is 15.7. The molecule has 0 aromatic heterocycles. The third-order valence-electron chi connectivity index (χ3n) is 5.57. The zero-order valence-electron chi connectivity index (χ0n) is 17.5. The van der Waals surface area contributed by atoms with Crippen molar-refractivity contribution in [2.45, 2.75) is 6.17 Å². The smallest absolute Gasteiger partial charge is 0.262 e. The van der Waals surface area contributed by atoms with Gasteiger partial charge in [-0.15, -0.1) is 0 Å². The Hall–Kier alpha value is -3.16. The van der Waals surface area contributed by atoms with Gasteiger partial charge in [0, 0.05) is 12.6 Å². The molecule has 3 aromatic rings. The van der Waals surface area contributed by atoms with Gasteiger partial charge in [-0.1, -0.05) is 47.5 Å². The average Bonchev–Trinajstić information content (AvgIpc) is 2.76. The summed E-state index contributed by atoms with van der Waals surface area (Å²) in [4.78, 5) is 27.8. The number of anilines is 2. The number of alkyl halides is 1. The maximum atomic E-state index is 14.4. The van der Waals surface area contributed by atoms with Crippen molar-refractivity contribution in [1.29, 1.82) is 0 Å². The van der Waals surface area contributed by atoms with Crippen LogP contribution in [0.4, 0.5) is 20.2 Å². The molecule has 170 valence electrons. The van der Waals surface area contributed by atoms with Gasteiger partial charge in [-0.2, -0.15) is 0 Å². The third-order valence-corrected chi connectivity index (χ3v) is 6.29. The Kier molecular flexibility index (Phi) is 6.28. The molecule has 0 radical (unpaired) electrons. The van der Waals surface area contributed by atoms with Crippen LogP contribution in [0.3, 0.4) is 0 Å². The van der Waals surface area contributed by atoms with Crippen molar-refractivity contribution in [3.8, 4) is 11.1 Å². The standard InChI is InChI=1S/C24H19Cl2F2N3O2/c1-30(24(33)21-17(25)6-3-7-18(21)28)19-9-8-13(10-20(19)31-11-14(27)12-31)15-4-2-5-16(22(15)26)23(29)32/h2-10,14H,11-12H2,1H3,(H2,29,32). The number of nitrogens with two attached hydrogens (primary N) is 1. The van der Waals surface area contributed by atoms with Crippen LogP contribution >= 0.6 is 23.2 Å². The lowest BCUT2D eigenvalue weighted by Crippen LogP contribution is -2.49. The number of benzene rings is 3. The van der Waals surface area contributed by atoms with Crippen LogP contribution < -0.4 is 15.5 Å². The Labute approximate surface area is 199 Å². The minimum atomic E-state index is -0.995. The highest BCUT2D eigenvalue weighted by Crippen LogP contribution is 2.39. The third kappa shape index (κ3) is 4.26. The van der Waals surface area contributed by atoms with Crippen LogP contribution in [0.5, 0.6) is 0 Å². The van der Waals surface area contributed by atoms with E-state index in [1.54, 1.807) is 35.2 Å². The predicted octanol–water partition coefficient (Wildman–Crippen LogP) is 5.33. The van der Waals surface area contributed by atoms with Gasteiger partial charge in [0.1, 0.15) is 12.0 Å². The maximum Gasteiger partial charge on any atom is 0.262 e. The summed E-state index contributed by atoms with van der Waals surface area (Å²) in [6.45, 7) is 0.294. The topological polar surface area (TPSA) is 66.6 Å². The molecule has 1 heterocycles. The van der Waals surface area contributed by atoms with E-state index < -0.39 is 23.8 Å². The number of amides is 2.